The summed E-state index contributed by atoms with van der Waals surface area (Å²) < 4.78 is 44.2. The van der Waals surface area contributed by atoms with Crippen LogP contribution >= 0.6 is 11.6 Å². The summed E-state index contributed by atoms with van der Waals surface area (Å²) in [7, 11) is -3.57. The van der Waals surface area contributed by atoms with Gasteiger partial charge in [0.1, 0.15) is 5.82 Å². The van der Waals surface area contributed by atoms with E-state index < -0.39 is 20.9 Å². The molecule has 1 aromatic carbocycles. The van der Waals surface area contributed by atoms with Crippen molar-refractivity contribution in [3.8, 4) is 0 Å². The van der Waals surface area contributed by atoms with Crippen LogP contribution in [0.3, 0.4) is 0 Å². The van der Waals surface area contributed by atoms with E-state index in [1.165, 1.54) is 6.07 Å². The first-order valence-corrected chi connectivity index (χ1v) is 8.98. The highest BCUT2D eigenvalue weighted by molar-refractivity contribution is 7.92. The Morgan fingerprint density at radius 2 is 2.00 bits per heavy atom. The summed E-state index contributed by atoms with van der Waals surface area (Å²) in [5.74, 6) is -0.369. The first-order chi connectivity index (χ1) is 9.71. The summed E-state index contributed by atoms with van der Waals surface area (Å²) in [6.07, 6.45) is 0.986. The van der Waals surface area contributed by atoms with Crippen LogP contribution in [0.2, 0.25) is 5.02 Å². The van der Waals surface area contributed by atoms with Crippen LogP contribution in [0.4, 0.5) is 4.39 Å². The largest absolute Gasteiger partial charge is 0.375 e. The zero-order valence-electron chi connectivity index (χ0n) is 12.3. The molecule has 0 amide bonds. The Labute approximate surface area is 130 Å². The van der Waals surface area contributed by atoms with E-state index in [0.29, 0.717) is 12.8 Å². The Hall–Kier alpha value is -0.650. The summed E-state index contributed by atoms with van der Waals surface area (Å²) in [5, 5.41) is -0.588. The molecular weight excluding hydrogens is 315 g/mol. The van der Waals surface area contributed by atoms with E-state index in [4.69, 9.17) is 16.3 Å². The Kier molecular flexibility index (Phi) is 4.96. The maximum atomic E-state index is 13.1. The molecule has 3 atom stereocenters. The maximum Gasteiger partial charge on any atom is 0.182 e. The second kappa shape index (κ2) is 6.23. The molecule has 6 heteroatoms. The van der Waals surface area contributed by atoms with Crippen LogP contribution in [-0.4, -0.2) is 25.9 Å². The van der Waals surface area contributed by atoms with Gasteiger partial charge in [-0.2, -0.15) is 0 Å². The topological polar surface area (TPSA) is 43.4 Å². The highest BCUT2D eigenvalue weighted by Crippen LogP contribution is 2.37. The molecule has 1 aliphatic rings. The molecule has 0 N–H and O–H groups in total. The van der Waals surface area contributed by atoms with Gasteiger partial charge in [-0.1, -0.05) is 18.5 Å². The first-order valence-electron chi connectivity index (χ1n) is 7.06. The molecule has 21 heavy (non-hydrogen) atoms. The fraction of sp³-hybridized carbons (Fsp3) is 0.600. The lowest BCUT2D eigenvalue weighted by Crippen LogP contribution is -2.22. The van der Waals surface area contributed by atoms with Crippen molar-refractivity contribution >= 4 is 21.4 Å². The summed E-state index contributed by atoms with van der Waals surface area (Å²) in [4.78, 5) is 0.00737. The molecule has 0 heterocycles. The molecular formula is C15H20ClFO3S. The fourth-order valence-electron chi connectivity index (χ4n) is 2.83. The molecule has 0 radical (unpaired) electrons. The second-order valence-corrected chi connectivity index (χ2v) is 8.52. The predicted molar refractivity (Wildman–Crippen MR) is 80.8 cm³/mol. The Morgan fingerprint density at radius 3 is 2.57 bits per heavy atom. The van der Waals surface area contributed by atoms with Crippen molar-refractivity contribution in [2.45, 2.75) is 56.0 Å². The SMILES string of the molecule is CC(C)O[C@@H]1C[C@@H](S(=O)(=O)c2ccc(F)cc2Cl)C[C@H]1C. The number of sulfone groups is 1. The fourth-order valence-corrected chi connectivity index (χ4v) is 5.27. The quantitative estimate of drug-likeness (QED) is 0.786. The number of ether oxygens (including phenoxy) is 1. The van der Waals surface area contributed by atoms with E-state index in [0.717, 1.165) is 12.1 Å². The third kappa shape index (κ3) is 3.58. The third-order valence-electron chi connectivity index (χ3n) is 3.85. The van der Waals surface area contributed by atoms with Gasteiger partial charge < -0.3 is 4.74 Å². The van der Waals surface area contributed by atoms with Crippen LogP contribution in [0.15, 0.2) is 23.1 Å². The Balaban J connectivity index is 2.25. The predicted octanol–water partition coefficient (Wildman–Crippen LogP) is 3.84. The van der Waals surface area contributed by atoms with Crippen molar-refractivity contribution in [3.63, 3.8) is 0 Å². The number of benzene rings is 1. The molecule has 0 unspecified atom stereocenters. The van der Waals surface area contributed by atoms with Crippen LogP contribution in [0, 0.1) is 11.7 Å². The molecule has 1 saturated carbocycles. The Morgan fingerprint density at radius 1 is 1.33 bits per heavy atom. The van der Waals surface area contributed by atoms with Crippen LogP contribution < -0.4 is 0 Å². The molecule has 0 aromatic heterocycles. The lowest BCUT2D eigenvalue weighted by Gasteiger charge is -2.19. The average Bonchev–Trinajstić information content (AvgIpc) is 2.70. The number of hydrogen-bond donors (Lipinski definition) is 0. The van der Waals surface area contributed by atoms with Gasteiger partial charge in [0.15, 0.2) is 9.84 Å². The summed E-state index contributed by atoms with van der Waals surface area (Å²) >= 11 is 5.90. The van der Waals surface area contributed by atoms with E-state index in [-0.39, 0.29) is 28.0 Å². The lowest BCUT2D eigenvalue weighted by molar-refractivity contribution is -0.00901. The van der Waals surface area contributed by atoms with Crippen molar-refractivity contribution < 1.29 is 17.5 Å². The van der Waals surface area contributed by atoms with Gasteiger partial charge in [-0.05, 0) is 50.8 Å². The van der Waals surface area contributed by atoms with E-state index >= 15 is 0 Å². The second-order valence-electron chi connectivity index (χ2n) is 5.91. The Bertz CT molecular complexity index is 615. The van der Waals surface area contributed by atoms with E-state index in [1.54, 1.807) is 0 Å². The van der Waals surface area contributed by atoms with Crippen LogP contribution in [0.25, 0.3) is 0 Å². The molecule has 1 aliphatic carbocycles. The molecule has 118 valence electrons. The standard InChI is InChI=1S/C15H20ClFO3S/c1-9(2)20-14-8-12(6-10(14)3)21(18,19)15-5-4-11(17)7-13(15)16/h4-5,7,9-10,12,14H,6,8H2,1-3H3/t10-,12+,14-/m1/s1. The molecule has 2 rings (SSSR count). The average molecular weight is 335 g/mol. The lowest BCUT2D eigenvalue weighted by atomic mass is 10.1. The van der Waals surface area contributed by atoms with Crippen LogP contribution in [-0.2, 0) is 14.6 Å². The van der Waals surface area contributed by atoms with Gasteiger partial charge in [-0.15, -0.1) is 0 Å². The summed E-state index contributed by atoms with van der Waals surface area (Å²) in [6.45, 7) is 5.87. The molecule has 1 fully saturated rings. The molecule has 3 nitrogen and oxygen atoms in total. The van der Waals surface area contributed by atoms with Crippen molar-refractivity contribution in [1.29, 1.82) is 0 Å². The van der Waals surface area contributed by atoms with Crippen LogP contribution in [0.1, 0.15) is 33.6 Å². The molecule has 0 spiro atoms. The number of rotatable bonds is 4. The molecule has 1 aromatic rings. The van der Waals surface area contributed by atoms with Gasteiger partial charge >= 0.3 is 0 Å². The van der Waals surface area contributed by atoms with Gasteiger partial charge in [0, 0.05) is 0 Å². The minimum atomic E-state index is -3.57. The first kappa shape index (κ1) is 16.7. The van der Waals surface area contributed by atoms with Crippen molar-refractivity contribution in [3.05, 3.63) is 29.0 Å². The normalized spacial score (nSPS) is 26.5. The molecule has 0 bridgehead atoms. The van der Waals surface area contributed by atoms with Gasteiger partial charge in [-0.25, -0.2) is 12.8 Å². The highest BCUT2D eigenvalue weighted by Gasteiger charge is 2.41. The zero-order valence-corrected chi connectivity index (χ0v) is 13.9. The van der Waals surface area contributed by atoms with Crippen molar-refractivity contribution in [1.82, 2.24) is 0 Å². The molecule has 0 saturated heterocycles. The molecule has 0 aliphatic heterocycles. The van der Waals surface area contributed by atoms with Gasteiger partial charge in [0.05, 0.1) is 27.4 Å². The summed E-state index contributed by atoms with van der Waals surface area (Å²) in [5.41, 5.74) is 0. The van der Waals surface area contributed by atoms with Gasteiger partial charge in [0.2, 0.25) is 0 Å². The third-order valence-corrected chi connectivity index (χ3v) is 6.51. The number of hydrogen-bond acceptors (Lipinski definition) is 3. The van der Waals surface area contributed by atoms with Gasteiger partial charge in [-0.3, -0.25) is 0 Å². The van der Waals surface area contributed by atoms with E-state index in [9.17, 15) is 12.8 Å². The van der Waals surface area contributed by atoms with Crippen molar-refractivity contribution in [2.24, 2.45) is 5.92 Å². The highest BCUT2D eigenvalue weighted by atomic mass is 35.5. The van der Waals surface area contributed by atoms with Gasteiger partial charge in [0.25, 0.3) is 0 Å². The van der Waals surface area contributed by atoms with E-state index in [1.807, 2.05) is 20.8 Å². The minimum absolute atomic E-state index is 0.00737. The smallest absolute Gasteiger partial charge is 0.182 e. The van der Waals surface area contributed by atoms with Crippen LogP contribution in [0.5, 0.6) is 0 Å². The van der Waals surface area contributed by atoms with Crippen molar-refractivity contribution in [2.75, 3.05) is 0 Å². The summed E-state index contributed by atoms with van der Waals surface area (Å²) in [6, 6.07) is 3.41. The number of halogens is 2. The minimum Gasteiger partial charge on any atom is -0.375 e. The maximum absolute atomic E-state index is 13.1. The zero-order chi connectivity index (χ0) is 15.8. The van der Waals surface area contributed by atoms with E-state index in [2.05, 4.69) is 0 Å². The monoisotopic (exact) mass is 334 g/mol.